The van der Waals surface area contributed by atoms with Crippen LogP contribution < -0.4 is 5.43 Å². The van der Waals surface area contributed by atoms with E-state index in [0.717, 1.165) is 21.4 Å². The SMILES string of the molecule is O=C(O)CCc1ccc(-c2ccccc2)n1NC(=O)c1ccc(Br)cc1. The molecule has 2 aromatic carbocycles. The third-order valence-electron chi connectivity index (χ3n) is 3.95. The smallest absolute Gasteiger partial charge is 0.303 e. The highest BCUT2D eigenvalue weighted by Crippen LogP contribution is 2.22. The summed E-state index contributed by atoms with van der Waals surface area (Å²) in [6.07, 6.45) is 0.315. The lowest BCUT2D eigenvalue weighted by molar-refractivity contribution is -0.136. The van der Waals surface area contributed by atoms with Gasteiger partial charge in [0.1, 0.15) is 0 Å². The average Bonchev–Trinajstić information content (AvgIpc) is 3.03. The third-order valence-corrected chi connectivity index (χ3v) is 4.47. The Hall–Kier alpha value is -2.86. The lowest BCUT2D eigenvalue weighted by atomic mass is 10.2. The fourth-order valence-electron chi connectivity index (χ4n) is 2.64. The Balaban J connectivity index is 1.94. The van der Waals surface area contributed by atoms with E-state index in [1.54, 1.807) is 28.9 Å². The maximum atomic E-state index is 12.6. The predicted molar refractivity (Wildman–Crippen MR) is 104 cm³/mol. The Morgan fingerprint density at radius 3 is 2.31 bits per heavy atom. The monoisotopic (exact) mass is 412 g/mol. The molecule has 1 amide bonds. The number of rotatable bonds is 6. The zero-order chi connectivity index (χ0) is 18.5. The summed E-state index contributed by atoms with van der Waals surface area (Å²) < 4.78 is 2.56. The van der Waals surface area contributed by atoms with Crippen LogP contribution in [0, 0.1) is 0 Å². The molecule has 132 valence electrons. The van der Waals surface area contributed by atoms with Crippen LogP contribution >= 0.6 is 15.9 Å². The van der Waals surface area contributed by atoms with Crippen molar-refractivity contribution < 1.29 is 14.7 Å². The number of carbonyl (C=O) groups excluding carboxylic acids is 1. The minimum Gasteiger partial charge on any atom is -0.481 e. The Morgan fingerprint density at radius 2 is 1.65 bits per heavy atom. The summed E-state index contributed by atoms with van der Waals surface area (Å²) in [5.74, 6) is -1.14. The second kappa shape index (κ2) is 8.01. The average molecular weight is 413 g/mol. The van der Waals surface area contributed by atoms with E-state index in [1.807, 2.05) is 42.5 Å². The fourth-order valence-corrected chi connectivity index (χ4v) is 2.91. The molecule has 0 saturated heterocycles. The molecule has 2 N–H and O–H groups in total. The molecule has 0 aliphatic heterocycles. The number of aryl methyl sites for hydroxylation is 1. The molecule has 0 atom stereocenters. The summed E-state index contributed by atoms with van der Waals surface area (Å²) in [5.41, 5.74) is 5.88. The van der Waals surface area contributed by atoms with Gasteiger partial charge in [-0.25, -0.2) is 0 Å². The molecule has 6 heteroatoms. The van der Waals surface area contributed by atoms with E-state index >= 15 is 0 Å². The second-order valence-corrected chi connectivity index (χ2v) is 6.67. The molecule has 0 unspecified atom stereocenters. The number of nitrogens with one attached hydrogen (secondary N) is 1. The van der Waals surface area contributed by atoms with Gasteiger partial charge in [-0.3, -0.25) is 19.7 Å². The van der Waals surface area contributed by atoms with Crippen molar-refractivity contribution in [3.05, 3.63) is 82.5 Å². The molecule has 1 heterocycles. The Morgan fingerprint density at radius 1 is 0.962 bits per heavy atom. The van der Waals surface area contributed by atoms with Crippen LogP contribution in [-0.2, 0) is 11.2 Å². The van der Waals surface area contributed by atoms with Crippen molar-refractivity contribution in [3.63, 3.8) is 0 Å². The van der Waals surface area contributed by atoms with Crippen LogP contribution in [-0.4, -0.2) is 21.7 Å². The second-order valence-electron chi connectivity index (χ2n) is 5.75. The molecule has 0 spiro atoms. The zero-order valence-electron chi connectivity index (χ0n) is 13.9. The zero-order valence-corrected chi connectivity index (χ0v) is 15.4. The first-order valence-corrected chi connectivity index (χ1v) is 8.88. The van der Waals surface area contributed by atoms with Crippen LogP contribution in [0.4, 0.5) is 0 Å². The topological polar surface area (TPSA) is 71.3 Å². The van der Waals surface area contributed by atoms with Gasteiger partial charge >= 0.3 is 5.97 Å². The van der Waals surface area contributed by atoms with Crippen molar-refractivity contribution in [1.82, 2.24) is 4.68 Å². The maximum Gasteiger partial charge on any atom is 0.303 e. The Bertz CT molecular complexity index is 918. The van der Waals surface area contributed by atoms with Crippen LogP contribution in [0.15, 0.2) is 71.2 Å². The van der Waals surface area contributed by atoms with Crippen molar-refractivity contribution in [2.24, 2.45) is 0 Å². The van der Waals surface area contributed by atoms with E-state index < -0.39 is 5.97 Å². The van der Waals surface area contributed by atoms with E-state index in [1.165, 1.54) is 0 Å². The van der Waals surface area contributed by atoms with E-state index in [2.05, 4.69) is 21.4 Å². The first-order valence-electron chi connectivity index (χ1n) is 8.09. The molecule has 0 aliphatic carbocycles. The lowest BCUT2D eigenvalue weighted by Crippen LogP contribution is -2.25. The number of carboxylic acid groups (broad SMARTS) is 1. The van der Waals surface area contributed by atoms with Gasteiger partial charge in [0, 0.05) is 27.7 Å². The first-order chi connectivity index (χ1) is 12.5. The van der Waals surface area contributed by atoms with Gasteiger partial charge in [-0.1, -0.05) is 46.3 Å². The minimum atomic E-state index is -0.877. The number of carbonyl (C=O) groups is 2. The van der Waals surface area contributed by atoms with Crippen LogP contribution in [0.3, 0.4) is 0 Å². The summed E-state index contributed by atoms with van der Waals surface area (Å²) in [6.45, 7) is 0. The Kier molecular flexibility index (Phi) is 5.53. The number of aliphatic carboxylic acids is 1. The van der Waals surface area contributed by atoms with Crippen molar-refractivity contribution in [3.8, 4) is 11.3 Å². The number of hydrogen-bond donors (Lipinski definition) is 2. The number of amides is 1. The van der Waals surface area contributed by atoms with Gasteiger partial charge in [0.05, 0.1) is 12.1 Å². The molecule has 1 aromatic heterocycles. The van der Waals surface area contributed by atoms with E-state index in [-0.39, 0.29) is 12.3 Å². The molecule has 26 heavy (non-hydrogen) atoms. The van der Waals surface area contributed by atoms with Gasteiger partial charge in [0.2, 0.25) is 0 Å². The fraction of sp³-hybridized carbons (Fsp3) is 0.100. The van der Waals surface area contributed by atoms with Crippen molar-refractivity contribution >= 4 is 27.8 Å². The van der Waals surface area contributed by atoms with Gasteiger partial charge in [-0.2, -0.15) is 0 Å². The van der Waals surface area contributed by atoms with Gasteiger partial charge in [0.15, 0.2) is 0 Å². The van der Waals surface area contributed by atoms with Crippen LogP contribution in [0.1, 0.15) is 22.5 Å². The van der Waals surface area contributed by atoms with E-state index in [9.17, 15) is 9.59 Å². The van der Waals surface area contributed by atoms with Crippen molar-refractivity contribution in [2.45, 2.75) is 12.8 Å². The predicted octanol–water partition coefficient (Wildman–Crippen LogP) is 4.32. The molecule has 0 aliphatic rings. The van der Waals surface area contributed by atoms with Crippen LogP contribution in [0.2, 0.25) is 0 Å². The molecular formula is C20H17BrN2O3. The summed E-state index contributed by atoms with van der Waals surface area (Å²) in [7, 11) is 0. The number of halogens is 1. The number of benzene rings is 2. The largest absolute Gasteiger partial charge is 0.481 e. The minimum absolute atomic E-state index is 0.00754. The standard InChI is InChI=1S/C20H17BrN2O3/c21-16-8-6-15(7-9-16)20(26)22-23-17(11-13-19(24)25)10-12-18(23)14-4-2-1-3-5-14/h1-10,12H,11,13H2,(H,22,26)(H,24,25). The first kappa shape index (κ1) is 17.9. The normalized spacial score (nSPS) is 10.5. The molecule has 3 rings (SSSR count). The van der Waals surface area contributed by atoms with Gasteiger partial charge in [-0.15, -0.1) is 0 Å². The van der Waals surface area contributed by atoms with Gasteiger partial charge < -0.3 is 5.11 Å². The summed E-state index contributed by atoms with van der Waals surface area (Å²) in [5, 5.41) is 8.97. The van der Waals surface area contributed by atoms with E-state index in [0.29, 0.717) is 12.0 Å². The quantitative estimate of drug-likeness (QED) is 0.633. The molecule has 0 saturated carbocycles. The summed E-state index contributed by atoms with van der Waals surface area (Å²) in [4.78, 5) is 23.6. The van der Waals surface area contributed by atoms with Crippen molar-refractivity contribution in [1.29, 1.82) is 0 Å². The van der Waals surface area contributed by atoms with Crippen LogP contribution in [0.25, 0.3) is 11.3 Å². The third kappa shape index (κ3) is 4.21. The van der Waals surface area contributed by atoms with Gasteiger partial charge in [0.25, 0.3) is 5.91 Å². The summed E-state index contributed by atoms with van der Waals surface area (Å²) >= 11 is 3.35. The highest BCUT2D eigenvalue weighted by Gasteiger charge is 2.14. The van der Waals surface area contributed by atoms with E-state index in [4.69, 9.17) is 5.11 Å². The van der Waals surface area contributed by atoms with Crippen LogP contribution in [0.5, 0.6) is 0 Å². The molecule has 3 aromatic rings. The lowest BCUT2D eigenvalue weighted by Gasteiger charge is -2.15. The Labute approximate surface area is 159 Å². The highest BCUT2D eigenvalue weighted by molar-refractivity contribution is 9.10. The number of hydrogen-bond acceptors (Lipinski definition) is 2. The molecule has 0 fully saturated rings. The van der Waals surface area contributed by atoms with Crippen molar-refractivity contribution in [2.75, 3.05) is 5.43 Å². The number of carboxylic acids is 1. The van der Waals surface area contributed by atoms with Gasteiger partial charge in [-0.05, 0) is 36.4 Å². The molecule has 0 bridgehead atoms. The molecular weight excluding hydrogens is 396 g/mol. The number of nitrogens with zero attached hydrogens (tertiary/aromatic N) is 1. The molecule has 5 nitrogen and oxygen atoms in total. The molecule has 0 radical (unpaired) electrons. The number of aromatic nitrogens is 1. The highest BCUT2D eigenvalue weighted by atomic mass is 79.9. The maximum absolute atomic E-state index is 12.6. The summed E-state index contributed by atoms with van der Waals surface area (Å²) in [6, 6.07) is 20.4.